The molecule has 0 spiro atoms. The fourth-order valence-corrected chi connectivity index (χ4v) is 3.20. The first-order chi connectivity index (χ1) is 12.5. The van der Waals surface area contributed by atoms with Gasteiger partial charge in [0.1, 0.15) is 0 Å². The summed E-state index contributed by atoms with van der Waals surface area (Å²) in [5.74, 6) is -0.940. The SMILES string of the molecule is CN(C)c1ccc2cc(-c3ccc4nccc(C(=O)O)c4c3)ccc2c1. The summed E-state index contributed by atoms with van der Waals surface area (Å²) in [6, 6.07) is 20.0. The zero-order chi connectivity index (χ0) is 18.3. The smallest absolute Gasteiger partial charge is 0.336 e. The molecule has 0 aliphatic heterocycles. The van der Waals surface area contributed by atoms with E-state index in [4.69, 9.17) is 0 Å². The van der Waals surface area contributed by atoms with Crippen LogP contribution in [0, 0.1) is 0 Å². The molecule has 0 aliphatic carbocycles. The maximum absolute atomic E-state index is 11.5. The van der Waals surface area contributed by atoms with Crippen molar-refractivity contribution >= 4 is 33.3 Å². The van der Waals surface area contributed by atoms with E-state index < -0.39 is 5.97 Å². The van der Waals surface area contributed by atoms with Crippen LogP contribution in [0.25, 0.3) is 32.8 Å². The van der Waals surface area contributed by atoms with Gasteiger partial charge in [-0.2, -0.15) is 0 Å². The molecule has 1 aromatic heterocycles. The Labute approximate surface area is 151 Å². The van der Waals surface area contributed by atoms with E-state index in [1.807, 2.05) is 32.3 Å². The first kappa shape index (κ1) is 16.1. The molecule has 4 heteroatoms. The van der Waals surface area contributed by atoms with E-state index in [-0.39, 0.29) is 5.56 Å². The van der Waals surface area contributed by atoms with Crippen LogP contribution in [-0.4, -0.2) is 30.2 Å². The number of benzene rings is 3. The first-order valence-electron chi connectivity index (χ1n) is 8.36. The quantitative estimate of drug-likeness (QED) is 0.580. The number of carboxylic acids is 1. The molecule has 0 unspecified atom stereocenters. The molecule has 4 aromatic rings. The van der Waals surface area contributed by atoms with Gasteiger partial charge in [0.05, 0.1) is 11.1 Å². The number of anilines is 1. The molecule has 0 radical (unpaired) electrons. The van der Waals surface area contributed by atoms with Crippen LogP contribution in [0.5, 0.6) is 0 Å². The minimum Gasteiger partial charge on any atom is -0.478 e. The minimum atomic E-state index is -0.940. The highest BCUT2D eigenvalue weighted by Gasteiger charge is 2.10. The van der Waals surface area contributed by atoms with Gasteiger partial charge in [-0.25, -0.2) is 4.79 Å². The number of aromatic nitrogens is 1. The van der Waals surface area contributed by atoms with Gasteiger partial charge in [-0.3, -0.25) is 4.98 Å². The van der Waals surface area contributed by atoms with E-state index in [9.17, 15) is 9.90 Å². The molecule has 4 nitrogen and oxygen atoms in total. The van der Waals surface area contributed by atoms with E-state index in [0.29, 0.717) is 10.9 Å². The number of aromatic carboxylic acids is 1. The van der Waals surface area contributed by atoms with Gasteiger partial charge in [-0.15, -0.1) is 0 Å². The average molecular weight is 342 g/mol. The molecule has 26 heavy (non-hydrogen) atoms. The zero-order valence-corrected chi connectivity index (χ0v) is 14.6. The largest absolute Gasteiger partial charge is 0.478 e. The van der Waals surface area contributed by atoms with Crippen molar-refractivity contribution in [3.8, 4) is 11.1 Å². The second kappa shape index (κ2) is 6.15. The number of nitrogens with zero attached hydrogens (tertiary/aromatic N) is 2. The summed E-state index contributed by atoms with van der Waals surface area (Å²) in [5.41, 5.74) is 4.15. The molecule has 0 bridgehead atoms. The third-order valence-corrected chi connectivity index (χ3v) is 4.65. The van der Waals surface area contributed by atoms with E-state index in [1.165, 1.54) is 17.6 Å². The van der Waals surface area contributed by atoms with Crippen molar-refractivity contribution in [1.82, 2.24) is 4.98 Å². The van der Waals surface area contributed by atoms with Crippen LogP contribution >= 0.6 is 0 Å². The number of carboxylic acid groups (broad SMARTS) is 1. The van der Waals surface area contributed by atoms with Gasteiger partial charge >= 0.3 is 5.97 Å². The summed E-state index contributed by atoms with van der Waals surface area (Å²) < 4.78 is 0. The van der Waals surface area contributed by atoms with Crippen molar-refractivity contribution in [2.75, 3.05) is 19.0 Å². The molecule has 1 heterocycles. The van der Waals surface area contributed by atoms with Gasteiger partial charge in [0.15, 0.2) is 0 Å². The van der Waals surface area contributed by atoms with Crippen molar-refractivity contribution < 1.29 is 9.90 Å². The Morgan fingerprint density at radius 3 is 2.35 bits per heavy atom. The minimum absolute atomic E-state index is 0.272. The Kier molecular flexibility index (Phi) is 3.81. The Morgan fingerprint density at radius 1 is 0.885 bits per heavy atom. The molecule has 128 valence electrons. The lowest BCUT2D eigenvalue weighted by molar-refractivity contribution is 0.0699. The highest BCUT2D eigenvalue weighted by atomic mass is 16.4. The Morgan fingerprint density at radius 2 is 1.58 bits per heavy atom. The standard InChI is InChI=1S/C22H18N2O2/c1-24(2)18-7-5-15-11-14(3-4-16(15)12-18)17-6-8-21-20(13-17)19(22(25)26)9-10-23-21/h3-13H,1-2H3,(H,25,26). The van der Waals surface area contributed by atoms with Crippen LogP contribution in [-0.2, 0) is 0 Å². The molecular formula is C22H18N2O2. The van der Waals surface area contributed by atoms with Crippen LogP contribution in [0.15, 0.2) is 66.9 Å². The third kappa shape index (κ3) is 2.75. The van der Waals surface area contributed by atoms with Crippen LogP contribution in [0.3, 0.4) is 0 Å². The van der Waals surface area contributed by atoms with E-state index in [1.54, 1.807) is 0 Å². The van der Waals surface area contributed by atoms with Crippen molar-refractivity contribution in [3.05, 3.63) is 72.4 Å². The normalized spacial score (nSPS) is 11.0. The molecule has 0 saturated carbocycles. The van der Waals surface area contributed by atoms with Crippen LogP contribution in [0.4, 0.5) is 5.69 Å². The highest BCUT2D eigenvalue weighted by Crippen LogP contribution is 2.29. The topological polar surface area (TPSA) is 53.4 Å². The van der Waals surface area contributed by atoms with Crippen molar-refractivity contribution in [2.24, 2.45) is 0 Å². The van der Waals surface area contributed by atoms with Gasteiger partial charge in [-0.1, -0.05) is 24.3 Å². The second-order valence-electron chi connectivity index (χ2n) is 6.54. The number of fused-ring (bicyclic) bond motifs is 2. The molecule has 0 fully saturated rings. The van der Waals surface area contributed by atoms with Gasteiger partial charge in [0.25, 0.3) is 0 Å². The molecule has 4 rings (SSSR count). The maximum Gasteiger partial charge on any atom is 0.336 e. The molecule has 0 amide bonds. The number of carbonyl (C=O) groups is 1. The lowest BCUT2D eigenvalue weighted by atomic mass is 9.98. The van der Waals surface area contributed by atoms with Gasteiger partial charge in [0, 0.05) is 31.4 Å². The third-order valence-electron chi connectivity index (χ3n) is 4.65. The summed E-state index contributed by atoms with van der Waals surface area (Å²) in [7, 11) is 4.05. The van der Waals surface area contributed by atoms with Crippen molar-refractivity contribution in [2.45, 2.75) is 0 Å². The Balaban J connectivity index is 1.85. The summed E-state index contributed by atoms with van der Waals surface area (Å²) >= 11 is 0. The highest BCUT2D eigenvalue weighted by molar-refractivity contribution is 6.03. The van der Waals surface area contributed by atoms with Crippen LogP contribution in [0.1, 0.15) is 10.4 Å². The predicted octanol–water partition coefficient (Wildman–Crippen LogP) is 4.82. The number of hydrogen-bond acceptors (Lipinski definition) is 3. The molecule has 0 atom stereocenters. The van der Waals surface area contributed by atoms with Crippen LogP contribution in [0.2, 0.25) is 0 Å². The summed E-state index contributed by atoms with van der Waals surface area (Å²) in [5, 5.41) is 12.4. The van der Waals surface area contributed by atoms with E-state index in [0.717, 1.165) is 22.2 Å². The average Bonchev–Trinajstić information content (AvgIpc) is 2.66. The molecular weight excluding hydrogens is 324 g/mol. The summed E-state index contributed by atoms with van der Waals surface area (Å²) in [6.07, 6.45) is 1.53. The molecule has 0 saturated heterocycles. The maximum atomic E-state index is 11.5. The zero-order valence-electron chi connectivity index (χ0n) is 14.6. The van der Waals surface area contributed by atoms with E-state index in [2.05, 4.69) is 46.3 Å². The molecule has 0 aliphatic rings. The van der Waals surface area contributed by atoms with Gasteiger partial charge in [-0.05, 0) is 58.3 Å². The number of rotatable bonds is 3. The van der Waals surface area contributed by atoms with Gasteiger partial charge in [0.2, 0.25) is 0 Å². The van der Waals surface area contributed by atoms with E-state index >= 15 is 0 Å². The lowest BCUT2D eigenvalue weighted by Crippen LogP contribution is -2.07. The second-order valence-corrected chi connectivity index (χ2v) is 6.54. The Bertz CT molecular complexity index is 1150. The summed E-state index contributed by atoms with van der Waals surface area (Å²) in [6.45, 7) is 0. The molecule has 3 aromatic carbocycles. The molecule has 1 N–H and O–H groups in total. The van der Waals surface area contributed by atoms with Crippen molar-refractivity contribution in [3.63, 3.8) is 0 Å². The van der Waals surface area contributed by atoms with Crippen LogP contribution < -0.4 is 4.90 Å². The monoisotopic (exact) mass is 342 g/mol. The predicted molar refractivity (Wildman–Crippen MR) is 106 cm³/mol. The fourth-order valence-electron chi connectivity index (χ4n) is 3.20. The first-order valence-corrected chi connectivity index (χ1v) is 8.36. The van der Waals surface area contributed by atoms with Crippen molar-refractivity contribution in [1.29, 1.82) is 0 Å². The summed E-state index contributed by atoms with van der Waals surface area (Å²) in [4.78, 5) is 17.8. The Hall–Kier alpha value is -3.40. The number of pyridine rings is 1. The fraction of sp³-hybridized carbons (Fsp3) is 0.0909. The van der Waals surface area contributed by atoms with Gasteiger partial charge < -0.3 is 10.0 Å². The number of hydrogen-bond donors (Lipinski definition) is 1. The lowest BCUT2D eigenvalue weighted by Gasteiger charge is -2.13.